The summed E-state index contributed by atoms with van der Waals surface area (Å²) in [5.74, 6) is 0. The van der Waals surface area contributed by atoms with Crippen LogP contribution in [0, 0.1) is 6.92 Å². The molecule has 14 heavy (non-hydrogen) atoms. The largest absolute Gasteiger partial charge is 0.418 e. The first-order chi connectivity index (χ1) is 6.32. The van der Waals surface area contributed by atoms with Crippen molar-refractivity contribution in [1.82, 2.24) is 0 Å². The van der Waals surface area contributed by atoms with Crippen molar-refractivity contribution >= 4 is 5.69 Å². The van der Waals surface area contributed by atoms with Gasteiger partial charge in [-0.3, -0.25) is 0 Å². The highest BCUT2D eigenvalue weighted by molar-refractivity contribution is 5.50. The van der Waals surface area contributed by atoms with E-state index in [0.717, 1.165) is 0 Å². The molecule has 0 amide bonds. The number of aryl methyl sites for hydroxylation is 1. The van der Waals surface area contributed by atoms with Gasteiger partial charge in [0.1, 0.15) is 0 Å². The molecule has 1 aromatic carbocycles. The van der Waals surface area contributed by atoms with Crippen molar-refractivity contribution in [3.05, 3.63) is 29.3 Å². The Morgan fingerprint density at radius 2 is 1.93 bits per heavy atom. The van der Waals surface area contributed by atoms with Gasteiger partial charge in [0.25, 0.3) is 0 Å². The highest BCUT2D eigenvalue weighted by atomic mass is 19.4. The molecule has 1 atom stereocenters. The van der Waals surface area contributed by atoms with Crippen molar-refractivity contribution in [2.24, 2.45) is 0 Å². The van der Waals surface area contributed by atoms with E-state index in [-0.39, 0.29) is 11.3 Å². The third-order valence-electron chi connectivity index (χ3n) is 1.85. The van der Waals surface area contributed by atoms with Gasteiger partial charge in [-0.25, -0.2) is 0 Å². The molecule has 0 fully saturated rings. The van der Waals surface area contributed by atoms with Crippen LogP contribution in [0.2, 0.25) is 0 Å². The molecule has 0 bridgehead atoms. The molecular formula is C9H10F3NO. The van der Waals surface area contributed by atoms with Crippen molar-refractivity contribution in [3.8, 4) is 0 Å². The minimum Gasteiger partial charge on any atom is -0.398 e. The molecule has 1 unspecified atom stereocenters. The van der Waals surface area contributed by atoms with Crippen LogP contribution in [0.5, 0.6) is 0 Å². The molecule has 0 spiro atoms. The standard InChI is InChI=1S/C9H10F3NO/c1-5-2-3-7(13)6(4-5)8(14)9(10,11)12/h2-4,8,14H,13H2,1H3. The summed E-state index contributed by atoms with van der Waals surface area (Å²) in [5, 5.41) is 8.96. The number of benzene rings is 1. The van der Waals surface area contributed by atoms with Gasteiger partial charge < -0.3 is 10.8 Å². The lowest BCUT2D eigenvalue weighted by Gasteiger charge is -2.16. The summed E-state index contributed by atoms with van der Waals surface area (Å²) in [5.41, 5.74) is 5.60. The fraction of sp³-hybridized carbons (Fsp3) is 0.333. The van der Waals surface area contributed by atoms with Crippen molar-refractivity contribution in [2.75, 3.05) is 5.73 Å². The average molecular weight is 205 g/mol. The number of anilines is 1. The first kappa shape index (κ1) is 10.8. The second kappa shape index (κ2) is 3.49. The molecule has 1 aromatic rings. The topological polar surface area (TPSA) is 46.2 Å². The lowest BCUT2D eigenvalue weighted by Crippen LogP contribution is -2.21. The Bertz CT molecular complexity index is 335. The first-order valence-electron chi connectivity index (χ1n) is 3.93. The molecule has 0 saturated carbocycles. The van der Waals surface area contributed by atoms with Gasteiger partial charge >= 0.3 is 6.18 Å². The summed E-state index contributed by atoms with van der Waals surface area (Å²) in [6, 6.07) is 4.16. The predicted molar refractivity (Wildman–Crippen MR) is 46.6 cm³/mol. The molecular weight excluding hydrogens is 195 g/mol. The summed E-state index contributed by atoms with van der Waals surface area (Å²) < 4.78 is 36.4. The minimum atomic E-state index is -4.68. The highest BCUT2D eigenvalue weighted by Crippen LogP contribution is 2.35. The smallest absolute Gasteiger partial charge is 0.398 e. The minimum absolute atomic E-state index is 0.0552. The van der Waals surface area contributed by atoms with E-state index >= 15 is 0 Å². The molecule has 0 heterocycles. The quantitative estimate of drug-likeness (QED) is 0.690. The fourth-order valence-electron chi connectivity index (χ4n) is 1.11. The molecule has 0 saturated heterocycles. The van der Waals surface area contributed by atoms with E-state index in [9.17, 15) is 13.2 Å². The second-order valence-electron chi connectivity index (χ2n) is 3.08. The maximum atomic E-state index is 12.1. The molecule has 0 aliphatic heterocycles. The maximum Gasteiger partial charge on any atom is 0.418 e. The number of nitrogens with two attached hydrogens (primary N) is 1. The number of aliphatic hydroxyl groups excluding tert-OH is 1. The van der Waals surface area contributed by atoms with E-state index in [2.05, 4.69) is 0 Å². The summed E-state index contributed by atoms with van der Waals surface area (Å²) in [4.78, 5) is 0. The lowest BCUT2D eigenvalue weighted by molar-refractivity contribution is -0.206. The van der Waals surface area contributed by atoms with Crippen LogP contribution in [-0.2, 0) is 0 Å². The normalized spacial score (nSPS) is 14.1. The Morgan fingerprint density at radius 3 is 2.43 bits per heavy atom. The van der Waals surface area contributed by atoms with E-state index in [4.69, 9.17) is 10.8 Å². The summed E-state index contributed by atoms with van der Waals surface area (Å²) in [6.45, 7) is 1.63. The van der Waals surface area contributed by atoms with Gasteiger partial charge in [-0.2, -0.15) is 13.2 Å². The SMILES string of the molecule is Cc1ccc(N)c(C(O)C(F)(F)F)c1. The van der Waals surface area contributed by atoms with Crippen LogP contribution in [-0.4, -0.2) is 11.3 Å². The Hall–Kier alpha value is -1.23. The number of hydrogen-bond acceptors (Lipinski definition) is 2. The van der Waals surface area contributed by atoms with Crippen molar-refractivity contribution in [3.63, 3.8) is 0 Å². The van der Waals surface area contributed by atoms with Gasteiger partial charge in [0.2, 0.25) is 0 Å². The van der Waals surface area contributed by atoms with Gasteiger partial charge in [-0.15, -0.1) is 0 Å². The summed E-state index contributed by atoms with van der Waals surface area (Å²) in [7, 11) is 0. The Balaban J connectivity index is 3.12. The average Bonchev–Trinajstić information content (AvgIpc) is 2.06. The third kappa shape index (κ3) is 2.17. The van der Waals surface area contributed by atoms with Crippen LogP contribution in [0.4, 0.5) is 18.9 Å². The van der Waals surface area contributed by atoms with Gasteiger partial charge in [-0.05, 0) is 13.0 Å². The van der Waals surface area contributed by atoms with Crippen LogP contribution in [0.25, 0.3) is 0 Å². The molecule has 78 valence electrons. The number of hydrogen-bond donors (Lipinski definition) is 2. The second-order valence-corrected chi connectivity index (χ2v) is 3.08. The molecule has 3 N–H and O–H groups in total. The molecule has 0 radical (unpaired) electrons. The number of aliphatic hydroxyl groups is 1. The van der Waals surface area contributed by atoms with Gasteiger partial charge in [0.15, 0.2) is 6.10 Å². The van der Waals surface area contributed by atoms with Crippen molar-refractivity contribution < 1.29 is 18.3 Å². The summed E-state index contributed by atoms with van der Waals surface area (Å²) >= 11 is 0. The predicted octanol–water partition coefficient (Wildman–Crippen LogP) is 2.17. The Morgan fingerprint density at radius 1 is 1.36 bits per heavy atom. The number of alkyl halides is 3. The van der Waals surface area contributed by atoms with Crippen LogP contribution in [0.3, 0.4) is 0 Å². The first-order valence-corrected chi connectivity index (χ1v) is 3.93. The zero-order chi connectivity index (χ0) is 10.9. The van der Waals surface area contributed by atoms with Gasteiger partial charge in [0, 0.05) is 11.3 Å². The molecule has 0 aromatic heterocycles. The van der Waals surface area contributed by atoms with Gasteiger partial charge in [-0.1, -0.05) is 17.7 Å². The Kier molecular flexibility index (Phi) is 2.71. The van der Waals surface area contributed by atoms with Gasteiger partial charge in [0.05, 0.1) is 0 Å². The zero-order valence-corrected chi connectivity index (χ0v) is 7.47. The number of nitrogen functional groups attached to an aromatic ring is 1. The van der Waals surface area contributed by atoms with Crippen LogP contribution >= 0.6 is 0 Å². The number of rotatable bonds is 1. The molecule has 2 nitrogen and oxygen atoms in total. The van der Waals surface area contributed by atoms with E-state index in [1.807, 2.05) is 0 Å². The third-order valence-corrected chi connectivity index (χ3v) is 1.85. The zero-order valence-electron chi connectivity index (χ0n) is 7.47. The fourth-order valence-corrected chi connectivity index (χ4v) is 1.11. The Labute approximate surface area is 79.2 Å². The highest BCUT2D eigenvalue weighted by Gasteiger charge is 2.40. The van der Waals surface area contributed by atoms with E-state index in [1.165, 1.54) is 12.1 Å². The van der Waals surface area contributed by atoms with Crippen molar-refractivity contribution in [2.45, 2.75) is 19.2 Å². The summed E-state index contributed by atoms with van der Waals surface area (Å²) in [6.07, 6.45) is -7.19. The monoisotopic (exact) mass is 205 g/mol. The number of halogens is 3. The van der Waals surface area contributed by atoms with Crippen LogP contribution in [0.15, 0.2) is 18.2 Å². The maximum absolute atomic E-state index is 12.1. The van der Waals surface area contributed by atoms with Crippen molar-refractivity contribution in [1.29, 1.82) is 0 Å². The molecule has 0 aliphatic carbocycles. The van der Waals surface area contributed by atoms with E-state index in [1.54, 1.807) is 13.0 Å². The van der Waals surface area contributed by atoms with E-state index in [0.29, 0.717) is 5.56 Å². The van der Waals surface area contributed by atoms with E-state index < -0.39 is 12.3 Å². The van der Waals surface area contributed by atoms with Crippen LogP contribution in [0.1, 0.15) is 17.2 Å². The molecule has 0 aliphatic rings. The lowest BCUT2D eigenvalue weighted by atomic mass is 10.0. The van der Waals surface area contributed by atoms with Crippen LogP contribution < -0.4 is 5.73 Å². The molecule has 1 rings (SSSR count). The molecule has 5 heteroatoms.